The molecule has 0 bridgehead atoms. The fraction of sp³-hybridized carbons (Fsp3) is 0.588. The summed E-state index contributed by atoms with van der Waals surface area (Å²) in [5.41, 5.74) is 2.23. The molecule has 22 heavy (non-hydrogen) atoms. The van der Waals surface area contributed by atoms with E-state index in [1.54, 1.807) is 0 Å². The van der Waals surface area contributed by atoms with E-state index in [0.29, 0.717) is 11.0 Å². The van der Waals surface area contributed by atoms with Gasteiger partial charge < -0.3 is 10.1 Å². The molecule has 2 fully saturated rings. The van der Waals surface area contributed by atoms with Crippen molar-refractivity contribution >= 4 is 35.1 Å². The third-order valence-corrected chi connectivity index (χ3v) is 7.00. The van der Waals surface area contributed by atoms with Gasteiger partial charge in [-0.1, -0.05) is 12.1 Å². The summed E-state index contributed by atoms with van der Waals surface area (Å²) in [6.07, 6.45) is 5.18. The highest BCUT2D eigenvalue weighted by atomic mass is 32.2. The summed E-state index contributed by atoms with van der Waals surface area (Å²) in [4.78, 5) is 12.1. The standard InChI is InChI=1S/C17H23NO2S2/c19-16(8-7-15-6-2-9-20-15)18-14-5-1-4-13(12-14)17-21-10-3-11-22-17/h1,4-5,12,15,17H,2-3,6-11H2,(H,18,19). The molecular weight excluding hydrogens is 314 g/mol. The number of thioether (sulfide) groups is 2. The van der Waals surface area contributed by atoms with E-state index < -0.39 is 0 Å². The lowest BCUT2D eigenvalue weighted by Crippen LogP contribution is -2.15. The van der Waals surface area contributed by atoms with Crippen LogP contribution >= 0.6 is 23.5 Å². The first-order chi connectivity index (χ1) is 10.8. The maximum absolute atomic E-state index is 12.1. The van der Waals surface area contributed by atoms with Crippen molar-refractivity contribution in [3.8, 4) is 0 Å². The Bertz CT molecular complexity index is 497. The number of amides is 1. The zero-order valence-electron chi connectivity index (χ0n) is 12.8. The van der Waals surface area contributed by atoms with Gasteiger partial charge in [-0.15, -0.1) is 23.5 Å². The van der Waals surface area contributed by atoms with Crippen LogP contribution in [0.1, 0.15) is 42.2 Å². The Morgan fingerprint density at radius 1 is 1.27 bits per heavy atom. The van der Waals surface area contributed by atoms with Crippen molar-refractivity contribution < 1.29 is 9.53 Å². The second-order valence-electron chi connectivity index (χ2n) is 5.77. The Hall–Kier alpha value is -0.650. The Morgan fingerprint density at radius 3 is 2.91 bits per heavy atom. The molecule has 1 aromatic carbocycles. The molecule has 3 nitrogen and oxygen atoms in total. The van der Waals surface area contributed by atoms with E-state index in [9.17, 15) is 4.79 Å². The van der Waals surface area contributed by atoms with Gasteiger partial charge in [-0.2, -0.15) is 0 Å². The van der Waals surface area contributed by atoms with Crippen LogP contribution in [0.15, 0.2) is 24.3 Å². The minimum atomic E-state index is 0.0941. The Morgan fingerprint density at radius 2 is 2.14 bits per heavy atom. The largest absolute Gasteiger partial charge is 0.378 e. The number of anilines is 1. The molecule has 2 heterocycles. The van der Waals surface area contributed by atoms with Gasteiger partial charge in [0.2, 0.25) is 5.91 Å². The maximum Gasteiger partial charge on any atom is 0.224 e. The van der Waals surface area contributed by atoms with Gasteiger partial charge in [-0.25, -0.2) is 0 Å². The molecule has 1 amide bonds. The molecule has 0 aromatic heterocycles. The highest BCUT2D eigenvalue weighted by molar-refractivity contribution is 8.16. The number of hydrogen-bond donors (Lipinski definition) is 1. The monoisotopic (exact) mass is 337 g/mol. The van der Waals surface area contributed by atoms with Crippen LogP contribution in [0.3, 0.4) is 0 Å². The van der Waals surface area contributed by atoms with Crippen LogP contribution in [0.25, 0.3) is 0 Å². The normalized spacial score (nSPS) is 22.6. The third-order valence-electron chi connectivity index (χ3n) is 3.99. The molecule has 2 aliphatic rings. The molecular formula is C17H23NO2S2. The fourth-order valence-corrected chi connectivity index (χ4v) is 5.70. The molecule has 0 saturated carbocycles. The molecule has 1 N–H and O–H groups in total. The zero-order chi connectivity index (χ0) is 15.2. The summed E-state index contributed by atoms with van der Waals surface area (Å²) in [6, 6.07) is 8.31. The van der Waals surface area contributed by atoms with Gasteiger partial charge in [0, 0.05) is 18.7 Å². The van der Waals surface area contributed by atoms with E-state index in [-0.39, 0.29) is 12.0 Å². The van der Waals surface area contributed by atoms with Crippen LogP contribution in [0.2, 0.25) is 0 Å². The first kappa shape index (κ1) is 16.2. The Kier molecular flexibility index (Phi) is 6.10. The summed E-state index contributed by atoms with van der Waals surface area (Å²) >= 11 is 4.01. The van der Waals surface area contributed by atoms with Crippen molar-refractivity contribution in [3.63, 3.8) is 0 Å². The van der Waals surface area contributed by atoms with Crippen molar-refractivity contribution in [2.45, 2.75) is 42.8 Å². The number of hydrogen-bond acceptors (Lipinski definition) is 4. The molecule has 5 heteroatoms. The molecule has 0 aliphatic carbocycles. The van der Waals surface area contributed by atoms with Gasteiger partial charge in [0.25, 0.3) is 0 Å². The molecule has 3 rings (SSSR count). The van der Waals surface area contributed by atoms with Gasteiger partial charge in [-0.05, 0) is 54.9 Å². The predicted octanol–water partition coefficient (Wildman–Crippen LogP) is 4.45. The summed E-state index contributed by atoms with van der Waals surface area (Å²) in [6.45, 7) is 0.852. The van der Waals surface area contributed by atoms with E-state index >= 15 is 0 Å². The Balaban J connectivity index is 1.51. The van der Waals surface area contributed by atoms with Crippen molar-refractivity contribution in [2.24, 2.45) is 0 Å². The summed E-state index contributed by atoms with van der Waals surface area (Å²) in [5, 5.41) is 3.03. The summed E-state index contributed by atoms with van der Waals surface area (Å²) < 4.78 is 6.08. The minimum Gasteiger partial charge on any atom is -0.378 e. The maximum atomic E-state index is 12.1. The SMILES string of the molecule is O=C(CCC1CCCO1)Nc1cccc(C2SCCCS2)c1. The molecule has 0 radical (unpaired) electrons. The van der Waals surface area contributed by atoms with Gasteiger partial charge in [-0.3, -0.25) is 4.79 Å². The first-order valence-corrected chi connectivity index (χ1v) is 10.2. The van der Waals surface area contributed by atoms with E-state index in [1.165, 1.54) is 23.5 Å². The van der Waals surface area contributed by atoms with Gasteiger partial charge in [0.05, 0.1) is 10.7 Å². The summed E-state index contributed by atoms with van der Waals surface area (Å²) in [7, 11) is 0. The van der Waals surface area contributed by atoms with E-state index in [4.69, 9.17) is 4.74 Å². The topological polar surface area (TPSA) is 38.3 Å². The fourth-order valence-electron chi connectivity index (χ4n) is 2.83. The Labute approximate surface area is 141 Å². The lowest BCUT2D eigenvalue weighted by Gasteiger charge is -2.21. The highest BCUT2D eigenvalue weighted by Crippen LogP contribution is 2.44. The lowest BCUT2D eigenvalue weighted by molar-refractivity contribution is -0.116. The summed E-state index contributed by atoms with van der Waals surface area (Å²) in [5.74, 6) is 2.56. The van der Waals surface area contributed by atoms with Gasteiger partial charge in [0.1, 0.15) is 0 Å². The van der Waals surface area contributed by atoms with Crippen molar-refractivity contribution in [1.29, 1.82) is 0 Å². The average molecular weight is 338 g/mol. The minimum absolute atomic E-state index is 0.0941. The van der Waals surface area contributed by atoms with Crippen LogP contribution in [0, 0.1) is 0 Å². The molecule has 120 valence electrons. The highest BCUT2D eigenvalue weighted by Gasteiger charge is 2.18. The first-order valence-electron chi connectivity index (χ1n) is 8.06. The molecule has 1 atom stereocenters. The number of nitrogens with one attached hydrogen (secondary N) is 1. The lowest BCUT2D eigenvalue weighted by atomic mass is 10.1. The smallest absolute Gasteiger partial charge is 0.224 e. The van der Waals surface area contributed by atoms with E-state index in [1.807, 2.05) is 35.7 Å². The van der Waals surface area contributed by atoms with Crippen molar-refractivity contribution in [1.82, 2.24) is 0 Å². The number of benzene rings is 1. The van der Waals surface area contributed by atoms with Gasteiger partial charge in [0.15, 0.2) is 0 Å². The quantitative estimate of drug-likeness (QED) is 0.861. The van der Waals surface area contributed by atoms with Crippen LogP contribution < -0.4 is 5.32 Å². The second-order valence-corrected chi connectivity index (χ2v) is 8.50. The van der Waals surface area contributed by atoms with Crippen molar-refractivity contribution in [2.75, 3.05) is 23.4 Å². The van der Waals surface area contributed by atoms with Crippen LogP contribution in [0.4, 0.5) is 5.69 Å². The van der Waals surface area contributed by atoms with Crippen LogP contribution in [0.5, 0.6) is 0 Å². The zero-order valence-corrected chi connectivity index (χ0v) is 14.4. The number of rotatable bonds is 5. The molecule has 0 spiro atoms. The number of ether oxygens (including phenoxy) is 1. The molecule has 1 unspecified atom stereocenters. The van der Waals surface area contributed by atoms with E-state index in [2.05, 4.69) is 17.4 Å². The molecule has 2 saturated heterocycles. The average Bonchev–Trinajstić information content (AvgIpc) is 3.08. The second kappa shape index (κ2) is 8.27. The predicted molar refractivity (Wildman–Crippen MR) is 95.6 cm³/mol. The van der Waals surface area contributed by atoms with Crippen molar-refractivity contribution in [3.05, 3.63) is 29.8 Å². The number of carbonyl (C=O) groups excluding carboxylic acids is 1. The molecule has 2 aliphatic heterocycles. The third kappa shape index (κ3) is 4.67. The van der Waals surface area contributed by atoms with Crippen LogP contribution in [-0.4, -0.2) is 30.1 Å². The van der Waals surface area contributed by atoms with Gasteiger partial charge >= 0.3 is 0 Å². The number of carbonyl (C=O) groups is 1. The van der Waals surface area contributed by atoms with E-state index in [0.717, 1.165) is 31.6 Å². The van der Waals surface area contributed by atoms with Crippen LogP contribution in [-0.2, 0) is 9.53 Å². The molecule has 1 aromatic rings.